The summed E-state index contributed by atoms with van der Waals surface area (Å²) in [5.74, 6) is -0.236. The highest BCUT2D eigenvalue weighted by Gasteiger charge is 2.31. The molecular weight excluding hydrogens is 733 g/mol. The second kappa shape index (κ2) is 21.1. The minimum Gasteiger partial charge on any atom is -0.395 e. The molecule has 0 saturated heterocycles. The average Bonchev–Trinajstić information content (AvgIpc) is 3.87. The predicted octanol–water partition coefficient (Wildman–Crippen LogP) is 4.51. The number of aromatic amines is 2. The number of H-pyrrole nitrogens is 2. The van der Waals surface area contributed by atoms with Crippen LogP contribution in [-0.2, 0) is 25.5 Å². The van der Waals surface area contributed by atoms with Crippen molar-refractivity contribution >= 4 is 36.1 Å². The molecule has 4 atom stereocenters. The van der Waals surface area contributed by atoms with Crippen LogP contribution >= 0.6 is 0 Å². The molecule has 58 heavy (non-hydrogen) atoms. The van der Waals surface area contributed by atoms with Gasteiger partial charge in [-0.25, -0.2) is 0 Å². The van der Waals surface area contributed by atoms with Crippen LogP contribution in [0.15, 0.2) is 33.7 Å². The monoisotopic (exact) mass is 801 g/mol. The lowest BCUT2D eigenvalue weighted by molar-refractivity contribution is -0.122. The number of allylic oxidation sites excluding steroid dienone is 1. The summed E-state index contributed by atoms with van der Waals surface area (Å²) < 4.78 is 12.9. The fraction of sp³-hybridized carbons (Fsp3) is 0.565. The predicted molar refractivity (Wildman–Crippen MR) is 232 cm³/mol. The normalized spacial score (nSPS) is 21.5. The van der Waals surface area contributed by atoms with Crippen LogP contribution in [0, 0.1) is 13.8 Å². The first-order chi connectivity index (χ1) is 27.9. The van der Waals surface area contributed by atoms with Gasteiger partial charge in [0, 0.05) is 83.8 Å². The molecule has 12 nitrogen and oxygen atoms in total. The van der Waals surface area contributed by atoms with Crippen molar-refractivity contribution in [3.63, 3.8) is 0 Å². The quantitative estimate of drug-likeness (QED) is 0.0905. The summed E-state index contributed by atoms with van der Waals surface area (Å²) in [5.41, 5.74) is 12.6. The lowest BCUT2D eigenvalue weighted by Crippen LogP contribution is -2.27. The Hall–Kier alpha value is -4.36. The maximum Gasteiger partial charge on any atom is 0.220 e. The third-order valence-electron chi connectivity index (χ3n) is 11.8. The molecule has 8 bridgehead atoms. The van der Waals surface area contributed by atoms with Crippen LogP contribution in [0.2, 0.25) is 0 Å². The highest BCUT2D eigenvalue weighted by atomic mass is 16.5. The number of amides is 2. The number of hydrogen-bond donors (Lipinski definition) is 8. The van der Waals surface area contributed by atoms with Crippen molar-refractivity contribution in [2.24, 2.45) is 0 Å². The Morgan fingerprint density at radius 2 is 1.29 bits per heavy atom. The van der Waals surface area contributed by atoms with Gasteiger partial charge in [0.25, 0.3) is 0 Å². The zero-order valence-corrected chi connectivity index (χ0v) is 36.0. The van der Waals surface area contributed by atoms with Crippen LogP contribution in [0.25, 0.3) is 24.3 Å². The van der Waals surface area contributed by atoms with Crippen molar-refractivity contribution < 1.29 is 29.3 Å². The van der Waals surface area contributed by atoms with Crippen LogP contribution in [0.4, 0.5) is 0 Å². The van der Waals surface area contributed by atoms with Gasteiger partial charge in [-0.3, -0.25) is 9.59 Å². The van der Waals surface area contributed by atoms with Gasteiger partial charge in [0.05, 0.1) is 37.5 Å². The molecule has 318 valence electrons. The molecule has 5 heterocycles. The van der Waals surface area contributed by atoms with E-state index in [0.717, 1.165) is 98.1 Å². The van der Waals surface area contributed by atoms with Crippen LogP contribution in [0.5, 0.6) is 0 Å². The topological polar surface area (TPSA) is 173 Å². The number of aliphatic hydroxyl groups excluding tert-OH is 2. The van der Waals surface area contributed by atoms with E-state index in [1.165, 1.54) is 5.57 Å². The van der Waals surface area contributed by atoms with Crippen molar-refractivity contribution in [2.75, 3.05) is 39.5 Å². The minimum absolute atomic E-state index is 0.107. The van der Waals surface area contributed by atoms with Gasteiger partial charge in [-0.15, -0.1) is 0 Å². The first-order valence-corrected chi connectivity index (χ1v) is 21.4. The molecule has 8 N–H and O–H groups in total. The van der Waals surface area contributed by atoms with Gasteiger partial charge in [0.1, 0.15) is 0 Å². The number of rotatable bonds is 20. The van der Waals surface area contributed by atoms with E-state index in [4.69, 9.17) is 9.47 Å². The largest absolute Gasteiger partial charge is 0.395 e. The molecule has 0 fully saturated rings. The molecular formula is C46H68N6O6. The molecule has 3 aliphatic heterocycles. The van der Waals surface area contributed by atoms with Crippen molar-refractivity contribution in [2.45, 2.75) is 131 Å². The summed E-state index contributed by atoms with van der Waals surface area (Å²) in [7, 11) is 0. The number of carbonyl (C=O) groups is 2. The van der Waals surface area contributed by atoms with Gasteiger partial charge in [0.15, 0.2) is 0 Å². The maximum atomic E-state index is 12.8. The van der Waals surface area contributed by atoms with Gasteiger partial charge >= 0.3 is 0 Å². The average molecular weight is 801 g/mol. The second-order valence-electron chi connectivity index (χ2n) is 15.9. The van der Waals surface area contributed by atoms with Crippen molar-refractivity contribution in [3.05, 3.63) is 78.0 Å². The number of aliphatic hydroxyl groups is 2. The number of fused-ring (bicyclic) bond motifs is 8. The van der Waals surface area contributed by atoms with Crippen molar-refractivity contribution in [3.8, 4) is 0 Å². The van der Waals surface area contributed by atoms with Gasteiger partial charge in [0.2, 0.25) is 11.8 Å². The minimum atomic E-state index is -0.155. The lowest BCUT2D eigenvalue weighted by atomic mass is 9.98. The van der Waals surface area contributed by atoms with Crippen LogP contribution in [-0.4, -0.2) is 89.7 Å². The van der Waals surface area contributed by atoms with E-state index in [0.29, 0.717) is 26.1 Å². The molecule has 12 heteroatoms. The Labute approximate surface area is 344 Å². The Bertz CT molecular complexity index is 2030. The summed E-state index contributed by atoms with van der Waals surface area (Å²) >= 11 is 0. The highest BCUT2D eigenvalue weighted by Crippen LogP contribution is 2.35. The standard InChI is InChI=1S/C46H68N6O6/c1-9-11-21-57-31(7)45-29(5)37-23-35-27(3)33(13-15-43(55)47-17-19-53)39(49-35)26-40-34(14-16-44(56)48-18-20-54)28(4)36(50-40)24-41-46(32(8)58-22-12-10-2)30(6)38(52-41)25-42(45)51-37/h23-26,31-32,35,38,49-54H,9-22H2,1-8H3,(H,47,55)(H,48,56)/b37-23-,39-26-,41-24-,42-25-. The molecule has 4 unspecified atom stereocenters. The van der Waals surface area contributed by atoms with Crippen LogP contribution in [0.3, 0.4) is 0 Å². The summed E-state index contributed by atoms with van der Waals surface area (Å²) in [5, 5.41) is 33.9. The lowest BCUT2D eigenvalue weighted by Gasteiger charge is -2.17. The summed E-state index contributed by atoms with van der Waals surface area (Å²) in [6.07, 6.45) is 14.2. The smallest absolute Gasteiger partial charge is 0.220 e. The number of ether oxygens (including phenoxy) is 2. The van der Waals surface area contributed by atoms with E-state index in [1.807, 2.05) is 0 Å². The van der Waals surface area contributed by atoms with E-state index in [9.17, 15) is 19.8 Å². The molecule has 0 aliphatic carbocycles. The Morgan fingerprint density at radius 3 is 1.93 bits per heavy atom. The molecule has 2 aromatic rings. The Balaban J connectivity index is 1.73. The zero-order chi connectivity index (χ0) is 41.9. The fourth-order valence-electron chi connectivity index (χ4n) is 8.34. The van der Waals surface area contributed by atoms with Gasteiger partial charge in [-0.1, -0.05) is 26.7 Å². The third kappa shape index (κ3) is 10.6. The molecule has 2 amide bonds. The maximum absolute atomic E-state index is 12.8. The van der Waals surface area contributed by atoms with E-state index >= 15 is 0 Å². The molecule has 0 radical (unpaired) electrons. The van der Waals surface area contributed by atoms with Crippen LogP contribution in [0.1, 0.15) is 126 Å². The van der Waals surface area contributed by atoms with Gasteiger partial charge in [-0.2, -0.15) is 0 Å². The Morgan fingerprint density at radius 1 is 0.724 bits per heavy atom. The zero-order valence-electron chi connectivity index (χ0n) is 36.0. The van der Waals surface area contributed by atoms with Crippen LogP contribution < -0.4 is 32.0 Å². The number of hydrogen-bond acceptors (Lipinski definition) is 8. The first kappa shape index (κ1) is 44.7. The molecule has 0 aromatic carbocycles. The summed E-state index contributed by atoms with van der Waals surface area (Å²) in [6, 6.07) is -0.262. The number of unbranched alkanes of at least 4 members (excludes halogenated alkanes) is 2. The molecule has 0 saturated carbocycles. The number of nitrogens with one attached hydrogen (secondary N) is 6. The number of aromatic nitrogens is 2. The third-order valence-corrected chi connectivity index (χ3v) is 11.8. The fourth-order valence-corrected chi connectivity index (χ4v) is 8.34. The van der Waals surface area contributed by atoms with Crippen molar-refractivity contribution in [1.29, 1.82) is 0 Å². The van der Waals surface area contributed by atoms with Gasteiger partial charge in [-0.05, 0) is 125 Å². The molecule has 0 spiro atoms. The first-order valence-electron chi connectivity index (χ1n) is 21.4. The molecule has 5 rings (SSSR count). The number of carbonyl (C=O) groups excluding carboxylic acids is 2. The van der Waals surface area contributed by atoms with Gasteiger partial charge < -0.3 is 50.9 Å². The van der Waals surface area contributed by atoms with E-state index in [1.54, 1.807) is 0 Å². The molecule has 3 aliphatic rings. The second-order valence-corrected chi connectivity index (χ2v) is 15.9. The van der Waals surface area contributed by atoms with E-state index in [-0.39, 0.29) is 75.3 Å². The highest BCUT2D eigenvalue weighted by molar-refractivity contribution is 5.78. The van der Waals surface area contributed by atoms with Crippen molar-refractivity contribution in [1.82, 2.24) is 31.2 Å². The molecule has 2 aromatic heterocycles. The summed E-state index contributed by atoms with van der Waals surface area (Å²) in [6.45, 7) is 18.8. The Kier molecular flexibility index (Phi) is 16.2. The van der Waals surface area contributed by atoms with E-state index < -0.39 is 0 Å². The SMILES string of the molecule is CCCCOC(C)C1=C(C)C2/C=c3\[nH]/c(c(C)c3C(C)OCCCC)=C\C3N/C(=C\c4[nH]c(c(C)c4CCC(=O)NCCO)/C=C/1N2)C(CCC(=O)NCCO)=C3C. The summed E-state index contributed by atoms with van der Waals surface area (Å²) in [4.78, 5) is 33.2. The van der Waals surface area contributed by atoms with E-state index in [2.05, 4.69) is 111 Å².